The van der Waals surface area contributed by atoms with E-state index in [1.54, 1.807) is 29.7 Å². The maximum atomic E-state index is 15.2. The lowest BCUT2D eigenvalue weighted by Gasteiger charge is -2.33. The zero-order chi connectivity index (χ0) is 23.2. The normalized spacial score (nSPS) is 17.2. The van der Waals surface area contributed by atoms with Crippen molar-refractivity contribution in [3.63, 3.8) is 0 Å². The van der Waals surface area contributed by atoms with Gasteiger partial charge in [0.2, 0.25) is 15.3 Å². The average Bonchev–Trinajstić information content (AvgIpc) is 2.75. The van der Waals surface area contributed by atoms with Gasteiger partial charge in [-0.15, -0.1) is 0 Å². The largest absolute Gasteiger partial charge is 0.369 e. The lowest BCUT2D eigenvalue weighted by atomic mass is 9.99. The smallest absolute Gasteiger partial charge is 0.212 e. The molecule has 1 fully saturated rings. The van der Waals surface area contributed by atoms with Crippen molar-refractivity contribution in [2.75, 3.05) is 18.0 Å². The molecule has 0 spiro atoms. The van der Waals surface area contributed by atoms with Crippen LogP contribution in [0.3, 0.4) is 0 Å². The number of halogens is 1. The van der Waals surface area contributed by atoms with Gasteiger partial charge in [0.05, 0.1) is 21.5 Å². The minimum absolute atomic E-state index is 0.0875. The predicted molar refractivity (Wildman–Crippen MR) is 126 cm³/mol. The van der Waals surface area contributed by atoms with Crippen LogP contribution in [0.25, 0.3) is 10.9 Å². The van der Waals surface area contributed by atoms with Crippen molar-refractivity contribution >= 4 is 26.4 Å². The van der Waals surface area contributed by atoms with Crippen molar-refractivity contribution in [2.45, 2.75) is 56.9 Å². The zero-order valence-electron chi connectivity index (χ0n) is 19.0. The molecule has 4 rings (SSSR count). The molecule has 0 saturated carbocycles. The van der Waals surface area contributed by atoms with Gasteiger partial charge >= 0.3 is 0 Å². The van der Waals surface area contributed by atoms with Gasteiger partial charge < -0.3 is 9.47 Å². The van der Waals surface area contributed by atoms with Crippen LogP contribution in [-0.4, -0.2) is 26.1 Å². The van der Waals surface area contributed by atoms with Crippen LogP contribution in [0.2, 0.25) is 0 Å². The minimum atomic E-state index is -4.06. The number of hydrogen-bond acceptors (Lipinski definition) is 4. The summed E-state index contributed by atoms with van der Waals surface area (Å²) in [7, 11) is -4.06. The summed E-state index contributed by atoms with van der Waals surface area (Å²) in [4.78, 5) is 15.1. The van der Waals surface area contributed by atoms with Gasteiger partial charge in [-0.2, -0.15) is 0 Å². The Morgan fingerprint density at radius 3 is 2.56 bits per heavy atom. The van der Waals surface area contributed by atoms with E-state index in [1.165, 1.54) is 12.3 Å². The number of sulfone groups is 1. The number of hydrogen-bond donors (Lipinski definition) is 0. The van der Waals surface area contributed by atoms with Gasteiger partial charge in [0.25, 0.3) is 0 Å². The molecule has 0 bridgehead atoms. The zero-order valence-corrected chi connectivity index (χ0v) is 19.8. The molecule has 170 valence electrons. The summed E-state index contributed by atoms with van der Waals surface area (Å²) in [6.45, 7) is 9.52. The molecule has 2 heterocycles. The molecular formula is C25H29FN2O3S. The first-order valence-corrected chi connectivity index (χ1v) is 12.6. The van der Waals surface area contributed by atoms with E-state index in [0.29, 0.717) is 29.2 Å². The highest BCUT2D eigenvalue weighted by Crippen LogP contribution is 2.30. The van der Waals surface area contributed by atoms with Crippen LogP contribution < -0.4 is 10.3 Å². The quantitative estimate of drug-likeness (QED) is 0.563. The molecular weight excluding hydrogens is 427 g/mol. The standard InChI is InChI=1S/C25H29FN2O3S/c1-5-27-15-24(32(30,31)23-11-16(2)8-9-18(23)4)25(29)19-12-20(26)22(13-21(19)27)28-10-6-7-17(3)14-28/h8-9,11-13,15,17H,5-7,10,14H2,1-4H3. The highest BCUT2D eigenvalue weighted by molar-refractivity contribution is 7.91. The second kappa shape index (κ2) is 8.35. The SMILES string of the molecule is CCn1cc(S(=O)(=O)c2cc(C)ccc2C)c(=O)c2cc(F)c(N3CCCC(C)C3)cc21. The molecule has 1 aliphatic rings. The number of aryl methyl sites for hydroxylation is 3. The molecule has 3 aromatic rings. The van der Waals surface area contributed by atoms with Crippen LogP contribution in [0.5, 0.6) is 0 Å². The van der Waals surface area contributed by atoms with Crippen LogP contribution in [-0.2, 0) is 16.4 Å². The lowest BCUT2D eigenvalue weighted by molar-refractivity contribution is 0.442. The maximum Gasteiger partial charge on any atom is 0.212 e. The van der Waals surface area contributed by atoms with Crippen LogP contribution in [0.1, 0.15) is 37.8 Å². The molecule has 5 nitrogen and oxygen atoms in total. The number of anilines is 1. The minimum Gasteiger partial charge on any atom is -0.369 e. The van der Waals surface area contributed by atoms with E-state index in [9.17, 15) is 13.2 Å². The number of piperidine rings is 1. The fraction of sp³-hybridized carbons (Fsp3) is 0.400. The van der Waals surface area contributed by atoms with Gasteiger partial charge in [0.15, 0.2) is 0 Å². The monoisotopic (exact) mass is 456 g/mol. The highest BCUT2D eigenvalue weighted by atomic mass is 32.2. The molecule has 0 amide bonds. The topological polar surface area (TPSA) is 59.4 Å². The van der Waals surface area contributed by atoms with Gasteiger partial charge in [-0.05, 0) is 68.9 Å². The van der Waals surface area contributed by atoms with E-state index in [4.69, 9.17) is 0 Å². The summed E-state index contributed by atoms with van der Waals surface area (Å²) in [6, 6.07) is 8.04. The van der Waals surface area contributed by atoms with Gasteiger partial charge in [0, 0.05) is 25.8 Å². The number of benzene rings is 2. The Balaban J connectivity index is 1.94. The number of rotatable bonds is 4. The van der Waals surface area contributed by atoms with Crippen molar-refractivity contribution in [2.24, 2.45) is 5.92 Å². The number of fused-ring (bicyclic) bond motifs is 1. The van der Waals surface area contributed by atoms with E-state index < -0.39 is 21.1 Å². The Morgan fingerprint density at radius 1 is 1.12 bits per heavy atom. The van der Waals surface area contributed by atoms with Crippen LogP contribution in [0, 0.1) is 25.6 Å². The molecule has 0 N–H and O–H groups in total. The maximum absolute atomic E-state index is 15.2. The van der Waals surface area contributed by atoms with Crippen LogP contribution in [0.4, 0.5) is 10.1 Å². The van der Waals surface area contributed by atoms with Gasteiger partial charge in [-0.1, -0.05) is 19.1 Å². The molecule has 1 aliphatic heterocycles. The molecule has 2 aromatic carbocycles. The number of nitrogens with zero attached hydrogens (tertiary/aromatic N) is 2. The number of pyridine rings is 1. The van der Waals surface area contributed by atoms with Crippen molar-refractivity contribution < 1.29 is 12.8 Å². The van der Waals surface area contributed by atoms with Crippen LogP contribution in [0.15, 0.2) is 51.1 Å². The molecule has 0 radical (unpaired) electrons. The van der Waals surface area contributed by atoms with E-state index in [1.807, 2.05) is 24.8 Å². The number of aromatic nitrogens is 1. The Hall–Kier alpha value is -2.67. The Morgan fingerprint density at radius 2 is 1.88 bits per heavy atom. The first kappa shape index (κ1) is 22.5. The van der Waals surface area contributed by atoms with Crippen molar-refractivity contribution in [3.8, 4) is 0 Å². The van der Waals surface area contributed by atoms with E-state index >= 15 is 4.39 Å². The summed E-state index contributed by atoms with van der Waals surface area (Å²) < 4.78 is 43.8. The Bertz CT molecular complexity index is 1360. The molecule has 1 atom stereocenters. The molecule has 32 heavy (non-hydrogen) atoms. The van der Waals surface area contributed by atoms with E-state index in [-0.39, 0.29) is 15.2 Å². The average molecular weight is 457 g/mol. The molecule has 1 saturated heterocycles. The van der Waals surface area contributed by atoms with Crippen LogP contribution >= 0.6 is 0 Å². The summed E-state index contributed by atoms with van der Waals surface area (Å²) in [5.74, 6) is -0.0232. The second-order valence-corrected chi connectivity index (χ2v) is 10.8. The first-order valence-electron chi connectivity index (χ1n) is 11.1. The predicted octanol–water partition coefficient (Wildman–Crippen LogP) is 4.85. The molecule has 1 aromatic heterocycles. The van der Waals surface area contributed by atoms with Gasteiger partial charge in [-0.3, -0.25) is 4.79 Å². The summed E-state index contributed by atoms with van der Waals surface area (Å²) >= 11 is 0. The second-order valence-electron chi connectivity index (χ2n) is 8.90. The molecule has 0 aliphatic carbocycles. The summed E-state index contributed by atoms with van der Waals surface area (Å²) in [6.07, 6.45) is 3.51. The highest BCUT2D eigenvalue weighted by Gasteiger charge is 2.27. The van der Waals surface area contributed by atoms with Gasteiger partial charge in [-0.25, -0.2) is 12.8 Å². The van der Waals surface area contributed by atoms with Crippen molar-refractivity contribution in [3.05, 3.63) is 63.7 Å². The first-order chi connectivity index (χ1) is 15.1. The summed E-state index contributed by atoms with van der Waals surface area (Å²) in [5, 5.41) is 0.0875. The van der Waals surface area contributed by atoms with E-state index in [0.717, 1.165) is 31.5 Å². The fourth-order valence-electron chi connectivity index (χ4n) is 4.59. The lowest BCUT2D eigenvalue weighted by Crippen LogP contribution is -2.35. The van der Waals surface area contributed by atoms with Crippen molar-refractivity contribution in [1.29, 1.82) is 0 Å². The third kappa shape index (κ3) is 3.83. The van der Waals surface area contributed by atoms with Gasteiger partial charge in [0.1, 0.15) is 10.7 Å². The van der Waals surface area contributed by atoms with E-state index in [2.05, 4.69) is 6.92 Å². The third-order valence-corrected chi connectivity index (χ3v) is 8.27. The summed E-state index contributed by atoms with van der Waals surface area (Å²) in [5.41, 5.74) is 1.71. The fourth-order valence-corrected chi connectivity index (χ4v) is 6.28. The Kier molecular flexibility index (Phi) is 5.88. The molecule has 7 heteroatoms. The third-order valence-electron chi connectivity index (χ3n) is 6.38. The Labute approximate surface area is 188 Å². The van der Waals surface area contributed by atoms with Crippen molar-refractivity contribution in [1.82, 2.24) is 4.57 Å². The molecule has 1 unspecified atom stereocenters.